The topological polar surface area (TPSA) is 164 Å². The van der Waals surface area contributed by atoms with Gasteiger partial charge in [-0.2, -0.15) is 20.5 Å². The Balaban J connectivity index is 0.939. The number of thiocarbonyl (C=S) groups is 4. The SMILES string of the molecule is S=C1NCc2ccc(cc2)N=Nc2ccc(cc2)CNC(=S)NCC(CCCCOCc2ccccc2)CNC(=S)NCc2ccc(cc2)N=Nc2ccc(cc2)CNC(=S)NCC(CCCCOCc2ccccc2)CN1. The minimum absolute atomic E-state index is 0.264. The molecule has 8 N–H and O–H groups in total. The van der Waals surface area contributed by atoms with Crippen LogP contribution in [0.4, 0.5) is 22.7 Å². The Hall–Kier alpha value is -6.80. The van der Waals surface area contributed by atoms with E-state index >= 15 is 0 Å². The zero-order chi connectivity index (χ0) is 54.2. The van der Waals surface area contributed by atoms with Crippen molar-refractivity contribution in [1.29, 1.82) is 0 Å². The molecule has 0 aromatic heterocycles. The molecular formula is C60H72N12O2S4. The van der Waals surface area contributed by atoms with Crippen molar-refractivity contribution in [3.8, 4) is 0 Å². The fourth-order valence-corrected chi connectivity index (χ4v) is 8.86. The molecule has 13 rings (SSSR count). The number of hydrogen-bond acceptors (Lipinski definition) is 10. The lowest BCUT2D eigenvalue weighted by Crippen LogP contribution is -2.42. The first-order chi connectivity index (χ1) is 38.3. The fraction of sp³-hybridized carbons (Fsp3) is 0.333. The maximum absolute atomic E-state index is 5.96. The second kappa shape index (κ2) is 34.2. The van der Waals surface area contributed by atoms with Gasteiger partial charge in [0.15, 0.2) is 20.4 Å². The van der Waals surface area contributed by atoms with Crippen LogP contribution in [-0.2, 0) is 48.9 Å². The molecular weight excluding hydrogens is 1050 g/mol. The van der Waals surface area contributed by atoms with Crippen molar-refractivity contribution in [2.75, 3.05) is 39.4 Å². The van der Waals surface area contributed by atoms with E-state index in [1.165, 1.54) is 11.1 Å². The van der Waals surface area contributed by atoms with Gasteiger partial charge in [0.05, 0.1) is 36.0 Å². The Morgan fingerprint density at radius 2 is 0.603 bits per heavy atom. The van der Waals surface area contributed by atoms with Crippen LogP contribution in [0.3, 0.4) is 0 Å². The van der Waals surface area contributed by atoms with Gasteiger partial charge in [0.1, 0.15) is 0 Å². The van der Waals surface area contributed by atoms with Crippen molar-refractivity contribution in [2.24, 2.45) is 32.3 Å². The maximum atomic E-state index is 5.96. The normalized spacial score (nSPS) is 16.5. The largest absolute Gasteiger partial charge is 0.377 e. The number of benzene rings is 6. The molecule has 7 heterocycles. The van der Waals surface area contributed by atoms with Crippen molar-refractivity contribution in [1.82, 2.24) is 42.5 Å². The Morgan fingerprint density at radius 1 is 0.333 bits per heavy atom. The van der Waals surface area contributed by atoms with Gasteiger partial charge in [-0.15, -0.1) is 0 Å². The van der Waals surface area contributed by atoms with Gasteiger partial charge in [0.25, 0.3) is 0 Å². The van der Waals surface area contributed by atoms with Crippen molar-refractivity contribution < 1.29 is 9.47 Å². The molecule has 0 spiro atoms. The highest BCUT2D eigenvalue weighted by Gasteiger charge is 2.13. The molecule has 6 aromatic rings. The van der Waals surface area contributed by atoms with Gasteiger partial charge in [-0.25, -0.2) is 0 Å². The van der Waals surface area contributed by atoms with E-state index in [1.54, 1.807) is 0 Å². The first-order valence-corrected chi connectivity index (χ1v) is 28.4. The first-order valence-electron chi connectivity index (χ1n) is 26.8. The fourth-order valence-electron chi connectivity index (χ4n) is 8.24. The minimum atomic E-state index is 0.264. The third-order valence-corrected chi connectivity index (χ3v) is 14.0. The number of unbranched alkanes of at least 4 members (excludes halogenated alkanes) is 2. The van der Waals surface area contributed by atoms with E-state index in [2.05, 4.69) is 87.3 Å². The molecule has 0 atom stereocenters. The molecule has 78 heavy (non-hydrogen) atoms. The van der Waals surface area contributed by atoms with Crippen LogP contribution in [0.2, 0.25) is 0 Å². The molecule has 0 amide bonds. The van der Waals surface area contributed by atoms with Crippen molar-refractivity contribution >= 4 is 92.1 Å². The van der Waals surface area contributed by atoms with Gasteiger partial charge in [0.2, 0.25) is 0 Å². The summed E-state index contributed by atoms with van der Waals surface area (Å²) in [6, 6.07) is 52.4. The summed E-state index contributed by atoms with van der Waals surface area (Å²) in [6.45, 7) is 7.67. The number of nitrogens with zero attached hydrogens (tertiary/aromatic N) is 4. The third-order valence-electron chi connectivity index (χ3n) is 12.8. The number of nitrogens with one attached hydrogen (secondary N) is 8. The Morgan fingerprint density at radius 3 is 0.872 bits per heavy atom. The molecule has 0 saturated carbocycles. The molecule has 0 fully saturated rings. The van der Waals surface area contributed by atoms with E-state index in [0.29, 0.717) is 99.2 Å². The number of rotatable bonds is 14. The van der Waals surface area contributed by atoms with Crippen LogP contribution in [0.1, 0.15) is 71.9 Å². The summed E-state index contributed by atoms with van der Waals surface area (Å²) < 4.78 is 11.9. The van der Waals surface area contributed by atoms with Crippen LogP contribution < -0.4 is 42.5 Å². The van der Waals surface area contributed by atoms with Gasteiger partial charge in [-0.1, -0.05) is 122 Å². The average Bonchev–Trinajstić information content (AvgIpc) is 3.48. The van der Waals surface area contributed by atoms with Crippen molar-refractivity contribution in [2.45, 2.75) is 77.9 Å². The van der Waals surface area contributed by atoms with E-state index in [9.17, 15) is 0 Å². The van der Waals surface area contributed by atoms with Gasteiger partial charge >= 0.3 is 0 Å². The Bertz CT molecular complexity index is 2460. The second-order valence-electron chi connectivity index (χ2n) is 19.1. The lowest BCUT2D eigenvalue weighted by molar-refractivity contribution is 0.116. The van der Waals surface area contributed by atoms with E-state index in [4.69, 9.17) is 58.3 Å². The Kier molecular flexibility index (Phi) is 25.8. The van der Waals surface area contributed by atoms with Crippen molar-refractivity contribution in [3.05, 3.63) is 191 Å². The third kappa shape index (κ3) is 23.4. The predicted molar refractivity (Wildman–Crippen MR) is 331 cm³/mol. The molecule has 18 heteroatoms. The summed E-state index contributed by atoms with van der Waals surface area (Å²) in [7, 11) is 0. The second-order valence-corrected chi connectivity index (χ2v) is 20.8. The first kappa shape index (κ1) is 58.9. The summed E-state index contributed by atoms with van der Waals surface area (Å²) in [5.41, 5.74) is 9.69. The number of ether oxygens (including phenoxy) is 2. The molecule has 7 aliphatic rings. The number of azo groups is 2. The van der Waals surface area contributed by atoms with E-state index in [-0.39, 0.29) is 11.8 Å². The summed E-state index contributed by atoms with van der Waals surface area (Å²) in [5.74, 6) is 0.528. The lowest BCUT2D eigenvalue weighted by Gasteiger charge is -2.21. The Labute approximate surface area is 481 Å². The van der Waals surface area contributed by atoms with Gasteiger partial charge in [-0.05, 0) is 168 Å². The zero-order valence-electron chi connectivity index (χ0n) is 44.1. The van der Waals surface area contributed by atoms with Crippen LogP contribution in [0.15, 0.2) is 178 Å². The number of hydrogen-bond donors (Lipinski definition) is 8. The summed E-state index contributed by atoms with van der Waals surface area (Å²) in [4.78, 5) is 0. The van der Waals surface area contributed by atoms with E-state index in [1.807, 2.05) is 133 Å². The standard InChI is InChI=1S/C60H72N12O2S4/c75-57-61-35-45-17-25-53(26-18-45)69-71-55-29-21-47(22-30-55)37-63-59(77)67-41-52(16-8-10-34-74-44-50-13-5-2-6-14-50)42-68-60(78)64-38-48-23-31-56(32-24-48)72-70-54-27-19-46(20-28-54)36-62-58(76)66-40-51(39-65-57)15-7-9-33-73-43-49-11-3-1-4-12-49/h1-6,11-14,17-32,51-52H,7-10,15-16,33-44H2,(H2,61,65,75)(H2,62,66,76)(H2,63,67,77)(H2,64,68,78). The maximum Gasteiger partial charge on any atom is 0.166 e. The highest BCUT2D eigenvalue weighted by molar-refractivity contribution is 7.80. The smallest absolute Gasteiger partial charge is 0.166 e. The molecule has 6 aromatic carbocycles. The average molecular weight is 1120 g/mol. The molecule has 0 unspecified atom stereocenters. The lowest BCUT2D eigenvalue weighted by atomic mass is 10.0. The molecule has 408 valence electrons. The van der Waals surface area contributed by atoms with Crippen LogP contribution >= 0.6 is 48.9 Å². The quantitative estimate of drug-likeness (QED) is 0.0384. The zero-order valence-corrected chi connectivity index (χ0v) is 47.4. The van der Waals surface area contributed by atoms with Gasteiger partial charge in [0, 0.05) is 65.6 Å². The summed E-state index contributed by atoms with van der Waals surface area (Å²) in [6.07, 6.45) is 5.90. The predicted octanol–water partition coefficient (Wildman–Crippen LogP) is 12.1. The molecule has 7 aliphatic heterocycles. The monoisotopic (exact) mass is 1120 g/mol. The molecule has 0 aliphatic carbocycles. The molecule has 8 bridgehead atoms. The molecule has 14 nitrogen and oxygen atoms in total. The van der Waals surface area contributed by atoms with E-state index in [0.717, 1.165) is 83.5 Å². The van der Waals surface area contributed by atoms with Gasteiger partial charge in [-0.3, -0.25) is 0 Å². The minimum Gasteiger partial charge on any atom is -0.377 e. The summed E-state index contributed by atoms with van der Waals surface area (Å²) >= 11 is 22.9. The highest BCUT2D eigenvalue weighted by Crippen LogP contribution is 2.22. The molecule has 0 radical (unpaired) electrons. The van der Waals surface area contributed by atoms with Crippen molar-refractivity contribution in [3.63, 3.8) is 0 Å². The van der Waals surface area contributed by atoms with Crippen LogP contribution in [-0.4, -0.2) is 59.8 Å². The van der Waals surface area contributed by atoms with E-state index < -0.39 is 0 Å². The summed E-state index contributed by atoms with van der Waals surface area (Å²) in [5, 5.41) is 47.6. The van der Waals surface area contributed by atoms with Crippen LogP contribution in [0, 0.1) is 11.8 Å². The van der Waals surface area contributed by atoms with Crippen LogP contribution in [0.25, 0.3) is 0 Å². The highest BCUT2D eigenvalue weighted by atomic mass is 32.1. The molecule has 0 saturated heterocycles. The van der Waals surface area contributed by atoms with Crippen LogP contribution in [0.5, 0.6) is 0 Å². The van der Waals surface area contributed by atoms with Gasteiger partial charge < -0.3 is 52.0 Å².